The molecular formula is C12H15NO5S. The van der Waals surface area contributed by atoms with Gasteiger partial charge in [-0.2, -0.15) is 8.42 Å². The first-order chi connectivity index (χ1) is 8.86. The van der Waals surface area contributed by atoms with Crippen LogP contribution < -0.4 is 0 Å². The molecule has 1 rings (SSSR count). The van der Waals surface area contributed by atoms with Crippen LogP contribution in [0.5, 0.6) is 0 Å². The lowest BCUT2D eigenvalue weighted by Crippen LogP contribution is -2.15. The molecule has 0 amide bonds. The van der Waals surface area contributed by atoms with Gasteiger partial charge < -0.3 is 4.74 Å². The maximum Gasteiger partial charge on any atom is 0.358 e. The standard InChI is InChI=1S/C12H15NO5S/c1-4-17-12(14)10(3)13-18-19(15,16)11-7-5-9(2)6-8-11/h5-8H,4H2,1-3H3/b13-10+. The Morgan fingerprint density at radius 2 is 1.84 bits per heavy atom. The van der Waals surface area contributed by atoms with Crippen molar-refractivity contribution in [2.75, 3.05) is 6.61 Å². The third kappa shape index (κ3) is 4.36. The second-order valence-corrected chi connectivity index (χ2v) is 5.27. The predicted molar refractivity (Wildman–Crippen MR) is 69.2 cm³/mol. The average molecular weight is 285 g/mol. The number of nitrogens with zero attached hydrogens (tertiary/aromatic N) is 1. The third-order valence-electron chi connectivity index (χ3n) is 2.15. The summed E-state index contributed by atoms with van der Waals surface area (Å²) in [5.41, 5.74) is 0.752. The van der Waals surface area contributed by atoms with Crippen molar-refractivity contribution < 1.29 is 22.2 Å². The Kier molecular flexibility index (Phi) is 5.05. The van der Waals surface area contributed by atoms with Gasteiger partial charge in [-0.05, 0) is 32.9 Å². The summed E-state index contributed by atoms with van der Waals surface area (Å²) in [7, 11) is -4.02. The highest BCUT2D eigenvalue weighted by Gasteiger charge is 2.16. The molecule has 6 nitrogen and oxygen atoms in total. The molecule has 0 aliphatic rings. The topological polar surface area (TPSA) is 82.0 Å². The number of carbonyl (C=O) groups is 1. The second kappa shape index (κ2) is 6.33. The van der Waals surface area contributed by atoms with E-state index < -0.39 is 16.1 Å². The van der Waals surface area contributed by atoms with Gasteiger partial charge in [0.05, 0.1) is 6.61 Å². The average Bonchev–Trinajstić information content (AvgIpc) is 2.37. The SMILES string of the molecule is CCOC(=O)/C(C)=N/OS(=O)(=O)c1ccc(C)cc1. The Hall–Kier alpha value is -1.89. The first-order valence-corrected chi connectivity index (χ1v) is 6.99. The minimum Gasteiger partial charge on any atom is -0.461 e. The molecule has 0 bridgehead atoms. The molecule has 0 heterocycles. The first kappa shape index (κ1) is 15.2. The molecule has 0 saturated heterocycles. The molecule has 7 heteroatoms. The van der Waals surface area contributed by atoms with E-state index in [1.54, 1.807) is 19.1 Å². The van der Waals surface area contributed by atoms with Crippen LogP contribution in [0.4, 0.5) is 0 Å². The maximum absolute atomic E-state index is 11.7. The Bertz CT molecular complexity index is 575. The Labute approximate surface area is 112 Å². The molecule has 104 valence electrons. The van der Waals surface area contributed by atoms with Gasteiger partial charge in [-0.3, -0.25) is 4.28 Å². The minimum atomic E-state index is -4.02. The van der Waals surface area contributed by atoms with Crippen molar-refractivity contribution in [3.8, 4) is 0 Å². The normalized spacial score (nSPS) is 12.1. The smallest absolute Gasteiger partial charge is 0.358 e. The zero-order chi connectivity index (χ0) is 14.5. The van der Waals surface area contributed by atoms with E-state index in [0.29, 0.717) is 0 Å². The molecule has 1 aromatic rings. The van der Waals surface area contributed by atoms with Gasteiger partial charge >= 0.3 is 16.1 Å². The van der Waals surface area contributed by atoms with Crippen LogP contribution in [-0.4, -0.2) is 26.7 Å². The summed E-state index contributed by atoms with van der Waals surface area (Å²) in [6.07, 6.45) is 0. The van der Waals surface area contributed by atoms with Crippen LogP contribution in [0, 0.1) is 6.92 Å². The minimum absolute atomic E-state index is 0.0292. The van der Waals surface area contributed by atoms with Gasteiger partial charge in [0.25, 0.3) is 0 Å². The second-order valence-electron chi connectivity index (χ2n) is 3.74. The lowest BCUT2D eigenvalue weighted by Gasteiger charge is -2.03. The zero-order valence-corrected chi connectivity index (χ0v) is 11.7. The number of benzene rings is 1. The first-order valence-electron chi connectivity index (χ1n) is 5.59. The highest BCUT2D eigenvalue weighted by Crippen LogP contribution is 2.13. The van der Waals surface area contributed by atoms with Crippen molar-refractivity contribution >= 4 is 21.8 Å². The Balaban J connectivity index is 2.83. The Morgan fingerprint density at radius 3 is 2.37 bits per heavy atom. The van der Waals surface area contributed by atoms with Gasteiger partial charge in [-0.1, -0.05) is 22.9 Å². The summed E-state index contributed by atoms with van der Waals surface area (Å²) >= 11 is 0. The van der Waals surface area contributed by atoms with Crippen molar-refractivity contribution in [2.45, 2.75) is 25.7 Å². The highest BCUT2D eigenvalue weighted by atomic mass is 32.2. The summed E-state index contributed by atoms with van der Waals surface area (Å²) in [4.78, 5) is 11.2. The molecule has 0 saturated carbocycles. The van der Waals surface area contributed by atoms with E-state index in [4.69, 9.17) is 0 Å². The van der Waals surface area contributed by atoms with Crippen molar-refractivity contribution in [3.05, 3.63) is 29.8 Å². The summed E-state index contributed by atoms with van der Waals surface area (Å²) in [5.74, 6) is -0.721. The van der Waals surface area contributed by atoms with Gasteiger partial charge in [0.2, 0.25) is 0 Å². The van der Waals surface area contributed by atoms with Crippen LogP contribution in [0.1, 0.15) is 19.4 Å². The van der Waals surface area contributed by atoms with E-state index in [1.165, 1.54) is 19.1 Å². The molecule has 19 heavy (non-hydrogen) atoms. The number of hydrogen-bond acceptors (Lipinski definition) is 6. The van der Waals surface area contributed by atoms with E-state index in [9.17, 15) is 13.2 Å². The fourth-order valence-corrected chi connectivity index (χ4v) is 1.89. The van der Waals surface area contributed by atoms with Crippen LogP contribution >= 0.6 is 0 Å². The largest absolute Gasteiger partial charge is 0.461 e. The summed E-state index contributed by atoms with van der Waals surface area (Å²) in [6.45, 7) is 4.95. The molecular weight excluding hydrogens is 270 g/mol. The monoisotopic (exact) mass is 285 g/mol. The van der Waals surface area contributed by atoms with Gasteiger partial charge in [-0.25, -0.2) is 4.79 Å². The number of carbonyl (C=O) groups excluding carboxylic acids is 1. The highest BCUT2D eigenvalue weighted by molar-refractivity contribution is 7.86. The number of esters is 1. The number of hydrogen-bond donors (Lipinski definition) is 0. The summed E-state index contributed by atoms with van der Waals surface area (Å²) in [5, 5.41) is 3.27. The van der Waals surface area contributed by atoms with Crippen LogP contribution in [0.15, 0.2) is 34.3 Å². The molecule has 0 atom stereocenters. The fourth-order valence-electron chi connectivity index (χ4n) is 1.13. The number of ether oxygens (including phenoxy) is 1. The third-order valence-corrected chi connectivity index (χ3v) is 3.27. The molecule has 0 aromatic heterocycles. The number of rotatable bonds is 5. The molecule has 0 aliphatic carbocycles. The number of aryl methyl sites for hydroxylation is 1. The van der Waals surface area contributed by atoms with Crippen molar-refractivity contribution in [2.24, 2.45) is 5.16 Å². The summed E-state index contributed by atoms with van der Waals surface area (Å²) in [6, 6.07) is 6.08. The van der Waals surface area contributed by atoms with Gasteiger partial charge in [0, 0.05) is 0 Å². The van der Waals surface area contributed by atoms with Crippen LogP contribution in [0.3, 0.4) is 0 Å². The van der Waals surface area contributed by atoms with Gasteiger partial charge in [-0.15, -0.1) is 0 Å². The Morgan fingerprint density at radius 1 is 1.26 bits per heavy atom. The van der Waals surface area contributed by atoms with Crippen molar-refractivity contribution in [1.29, 1.82) is 0 Å². The van der Waals surface area contributed by atoms with Crippen LogP contribution in [0.25, 0.3) is 0 Å². The van der Waals surface area contributed by atoms with Gasteiger partial charge in [0.15, 0.2) is 5.71 Å². The predicted octanol–water partition coefficient (Wildman–Crippen LogP) is 1.64. The van der Waals surface area contributed by atoms with E-state index >= 15 is 0 Å². The lowest BCUT2D eigenvalue weighted by atomic mass is 10.2. The van der Waals surface area contributed by atoms with Crippen LogP contribution in [0.2, 0.25) is 0 Å². The van der Waals surface area contributed by atoms with E-state index in [-0.39, 0.29) is 17.2 Å². The molecule has 1 aromatic carbocycles. The van der Waals surface area contributed by atoms with Crippen molar-refractivity contribution in [1.82, 2.24) is 0 Å². The van der Waals surface area contributed by atoms with E-state index in [0.717, 1.165) is 5.56 Å². The summed E-state index contributed by atoms with van der Waals surface area (Å²) < 4.78 is 32.6. The molecule has 0 spiro atoms. The van der Waals surface area contributed by atoms with E-state index in [2.05, 4.69) is 14.2 Å². The number of oxime groups is 1. The van der Waals surface area contributed by atoms with E-state index in [1.807, 2.05) is 6.92 Å². The fraction of sp³-hybridized carbons (Fsp3) is 0.333. The maximum atomic E-state index is 11.7. The van der Waals surface area contributed by atoms with Crippen LogP contribution in [-0.2, 0) is 23.9 Å². The molecule has 0 radical (unpaired) electrons. The molecule has 0 unspecified atom stereocenters. The van der Waals surface area contributed by atoms with Crippen molar-refractivity contribution in [3.63, 3.8) is 0 Å². The molecule has 0 aliphatic heterocycles. The lowest BCUT2D eigenvalue weighted by molar-refractivity contribution is -0.135. The molecule has 0 fully saturated rings. The quantitative estimate of drug-likeness (QED) is 0.466. The van der Waals surface area contributed by atoms with Gasteiger partial charge in [0.1, 0.15) is 4.90 Å². The molecule has 0 N–H and O–H groups in total. The zero-order valence-electron chi connectivity index (χ0n) is 10.9.